The van der Waals surface area contributed by atoms with Gasteiger partial charge < -0.3 is 19.9 Å². The summed E-state index contributed by atoms with van der Waals surface area (Å²) in [5.74, 6) is 0.211. The fourth-order valence-electron chi connectivity index (χ4n) is 3.91. The molecular formula is C27H27N3O4. The Labute approximate surface area is 198 Å². The summed E-state index contributed by atoms with van der Waals surface area (Å²) in [4.78, 5) is 42.0. The van der Waals surface area contributed by atoms with Crippen molar-refractivity contribution in [1.29, 1.82) is 0 Å². The minimum Gasteiger partial charge on any atom is -0.497 e. The molecule has 0 radical (unpaired) electrons. The minimum atomic E-state index is -0.224. The van der Waals surface area contributed by atoms with Crippen molar-refractivity contribution in [2.45, 2.75) is 6.92 Å². The summed E-state index contributed by atoms with van der Waals surface area (Å²) in [6, 6.07) is 21.3. The number of hydrogen-bond donors (Lipinski definition) is 1. The van der Waals surface area contributed by atoms with E-state index < -0.39 is 0 Å². The van der Waals surface area contributed by atoms with E-state index in [1.807, 2.05) is 19.1 Å². The van der Waals surface area contributed by atoms with Crippen molar-refractivity contribution in [2.24, 2.45) is 0 Å². The van der Waals surface area contributed by atoms with Crippen LogP contribution in [0.3, 0.4) is 0 Å². The first-order valence-electron chi connectivity index (χ1n) is 11.2. The average Bonchev–Trinajstić information content (AvgIpc) is 2.89. The van der Waals surface area contributed by atoms with E-state index in [2.05, 4.69) is 5.32 Å². The van der Waals surface area contributed by atoms with Gasteiger partial charge in [0.1, 0.15) is 5.75 Å². The van der Waals surface area contributed by atoms with Crippen LogP contribution in [-0.4, -0.2) is 60.8 Å². The lowest BCUT2D eigenvalue weighted by Crippen LogP contribution is -2.50. The molecule has 0 spiro atoms. The van der Waals surface area contributed by atoms with Gasteiger partial charge in [-0.25, -0.2) is 0 Å². The molecule has 4 rings (SSSR count). The number of carbonyl (C=O) groups excluding carboxylic acids is 3. The van der Waals surface area contributed by atoms with Crippen LogP contribution < -0.4 is 10.1 Å². The van der Waals surface area contributed by atoms with Crippen molar-refractivity contribution in [3.8, 4) is 5.75 Å². The highest BCUT2D eigenvalue weighted by Crippen LogP contribution is 2.21. The largest absolute Gasteiger partial charge is 0.497 e. The molecule has 0 aliphatic carbocycles. The zero-order chi connectivity index (χ0) is 24.1. The molecule has 3 amide bonds. The number of ether oxygens (including phenoxy) is 1. The highest BCUT2D eigenvalue weighted by molar-refractivity contribution is 6.05. The summed E-state index contributed by atoms with van der Waals surface area (Å²) in [6.07, 6.45) is 0. The molecule has 0 atom stereocenters. The number of methoxy groups -OCH3 is 1. The molecule has 1 heterocycles. The van der Waals surface area contributed by atoms with E-state index in [0.717, 1.165) is 5.56 Å². The van der Waals surface area contributed by atoms with Crippen molar-refractivity contribution >= 4 is 23.4 Å². The Morgan fingerprint density at radius 2 is 1.32 bits per heavy atom. The Balaban J connectivity index is 1.40. The van der Waals surface area contributed by atoms with Crippen LogP contribution in [0.15, 0.2) is 72.8 Å². The van der Waals surface area contributed by atoms with Gasteiger partial charge in [0.2, 0.25) is 0 Å². The maximum atomic E-state index is 13.1. The topological polar surface area (TPSA) is 79.0 Å². The molecule has 0 unspecified atom stereocenters. The Hall–Kier alpha value is -4.13. The predicted octanol–water partition coefficient (Wildman–Crippen LogP) is 3.85. The van der Waals surface area contributed by atoms with E-state index in [-0.39, 0.29) is 17.7 Å². The maximum Gasteiger partial charge on any atom is 0.255 e. The molecule has 3 aromatic carbocycles. The van der Waals surface area contributed by atoms with Crippen LogP contribution >= 0.6 is 0 Å². The van der Waals surface area contributed by atoms with Crippen LogP contribution in [0.4, 0.5) is 5.69 Å². The molecule has 1 saturated heterocycles. The van der Waals surface area contributed by atoms with E-state index >= 15 is 0 Å². The van der Waals surface area contributed by atoms with E-state index in [9.17, 15) is 14.4 Å². The zero-order valence-corrected chi connectivity index (χ0v) is 19.3. The molecule has 1 aliphatic heterocycles. The summed E-state index contributed by atoms with van der Waals surface area (Å²) in [7, 11) is 1.57. The molecule has 0 bridgehead atoms. The third-order valence-corrected chi connectivity index (χ3v) is 5.94. The lowest BCUT2D eigenvalue weighted by molar-refractivity contribution is 0.0535. The first-order valence-corrected chi connectivity index (χ1v) is 11.2. The third-order valence-electron chi connectivity index (χ3n) is 5.94. The van der Waals surface area contributed by atoms with Crippen LogP contribution in [-0.2, 0) is 0 Å². The molecule has 174 valence electrons. The minimum absolute atomic E-state index is 0.0766. The van der Waals surface area contributed by atoms with Gasteiger partial charge in [-0.15, -0.1) is 0 Å². The Morgan fingerprint density at radius 3 is 1.94 bits per heavy atom. The number of nitrogens with one attached hydrogen (secondary N) is 1. The summed E-state index contributed by atoms with van der Waals surface area (Å²) < 4.78 is 5.21. The van der Waals surface area contributed by atoms with Crippen LogP contribution in [0, 0.1) is 6.92 Å². The molecule has 0 aromatic heterocycles. The standard InChI is InChI=1S/C27H27N3O4/c1-19-11-12-22(18-24(19)28-25(31)20-7-4-3-5-8-20)27(33)30-15-13-29(14-16-30)26(32)21-9-6-10-23(17-21)34-2/h3-12,17-18H,13-16H2,1-2H3,(H,28,31). The van der Waals surface area contributed by atoms with Gasteiger partial charge in [-0.05, 0) is 55.0 Å². The molecule has 1 fully saturated rings. The van der Waals surface area contributed by atoms with Gasteiger partial charge in [-0.2, -0.15) is 0 Å². The quantitative estimate of drug-likeness (QED) is 0.631. The van der Waals surface area contributed by atoms with Crippen LogP contribution in [0.1, 0.15) is 36.6 Å². The fourth-order valence-corrected chi connectivity index (χ4v) is 3.91. The van der Waals surface area contributed by atoms with Crippen LogP contribution in [0.2, 0.25) is 0 Å². The highest BCUT2D eigenvalue weighted by atomic mass is 16.5. The van der Waals surface area contributed by atoms with Gasteiger partial charge in [0.15, 0.2) is 0 Å². The van der Waals surface area contributed by atoms with Gasteiger partial charge in [0.05, 0.1) is 7.11 Å². The summed E-state index contributed by atoms with van der Waals surface area (Å²) >= 11 is 0. The number of rotatable bonds is 5. The predicted molar refractivity (Wildman–Crippen MR) is 130 cm³/mol. The third kappa shape index (κ3) is 5.09. The Kier molecular flexibility index (Phi) is 6.92. The van der Waals surface area contributed by atoms with Crippen molar-refractivity contribution in [2.75, 3.05) is 38.6 Å². The summed E-state index contributed by atoms with van der Waals surface area (Å²) in [5.41, 5.74) is 3.09. The second-order valence-corrected chi connectivity index (χ2v) is 8.17. The fraction of sp³-hybridized carbons (Fsp3) is 0.222. The Bertz CT molecular complexity index is 1200. The summed E-state index contributed by atoms with van der Waals surface area (Å²) in [6.45, 7) is 3.66. The highest BCUT2D eigenvalue weighted by Gasteiger charge is 2.26. The molecule has 7 heteroatoms. The zero-order valence-electron chi connectivity index (χ0n) is 19.3. The Morgan fingerprint density at radius 1 is 0.735 bits per heavy atom. The monoisotopic (exact) mass is 457 g/mol. The van der Waals surface area contributed by atoms with Crippen molar-refractivity contribution < 1.29 is 19.1 Å². The van der Waals surface area contributed by atoms with Gasteiger partial charge >= 0.3 is 0 Å². The van der Waals surface area contributed by atoms with Gasteiger partial charge in [-0.3, -0.25) is 14.4 Å². The van der Waals surface area contributed by atoms with E-state index in [1.54, 1.807) is 77.6 Å². The first kappa shape index (κ1) is 23.0. The second kappa shape index (κ2) is 10.2. The van der Waals surface area contributed by atoms with E-state index in [4.69, 9.17) is 4.74 Å². The van der Waals surface area contributed by atoms with Crippen LogP contribution in [0.25, 0.3) is 0 Å². The first-order chi connectivity index (χ1) is 16.5. The number of piperazine rings is 1. The van der Waals surface area contributed by atoms with Crippen molar-refractivity contribution in [3.05, 3.63) is 95.1 Å². The second-order valence-electron chi connectivity index (χ2n) is 8.17. The average molecular weight is 458 g/mol. The van der Waals surface area contributed by atoms with E-state index in [0.29, 0.717) is 54.3 Å². The van der Waals surface area contributed by atoms with Crippen molar-refractivity contribution in [1.82, 2.24) is 9.80 Å². The smallest absolute Gasteiger partial charge is 0.255 e. The number of aryl methyl sites for hydroxylation is 1. The number of amides is 3. The van der Waals surface area contributed by atoms with Gasteiger partial charge in [-0.1, -0.05) is 30.3 Å². The SMILES string of the molecule is COc1cccc(C(=O)N2CCN(C(=O)c3ccc(C)c(NC(=O)c4ccccc4)c3)CC2)c1. The van der Waals surface area contributed by atoms with Gasteiger partial charge in [0, 0.05) is 48.6 Å². The normalized spacial score (nSPS) is 13.4. The number of hydrogen-bond acceptors (Lipinski definition) is 4. The summed E-state index contributed by atoms with van der Waals surface area (Å²) in [5, 5.41) is 2.90. The maximum absolute atomic E-state index is 13.1. The molecular weight excluding hydrogens is 430 g/mol. The van der Waals surface area contributed by atoms with Crippen molar-refractivity contribution in [3.63, 3.8) is 0 Å². The molecule has 1 N–H and O–H groups in total. The van der Waals surface area contributed by atoms with Gasteiger partial charge in [0.25, 0.3) is 17.7 Å². The van der Waals surface area contributed by atoms with Crippen LogP contribution in [0.5, 0.6) is 5.75 Å². The molecule has 34 heavy (non-hydrogen) atoms. The van der Waals surface area contributed by atoms with E-state index in [1.165, 1.54) is 0 Å². The number of anilines is 1. The molecule has 3 aromatic rings. The number of benzene rings is 3. The molecule has 1 aliphatic rings. The molecule has 0 saturated carbocycles. The lowest BCUT2D eigenvalue weighted by atomic mass is 10.1. The number of carbonyl (C=O) groups is 3. The lowest BCUT2D eigenvalue weighted by Gasteiger charge is -2.35. The molecule has 7 nitrogen and oxygen atoms in total. The number of nitrogens with zero attached hydrogens (tertiary/aromatic N) is 2.